The third-order valence-electron chi connectivity index (χ3n) is 2.88. The fraction of sp³-hybridized carbons (Fsp3) is 0.200. The monoisotopic (exact) mass is 337 g/mol. The smallest absolute Gasteiger partial charge is 0.173 e. The van der Waals surface area contributed by atoms with Crippen molar-refractivity contribution >= 4 is 34.6 Å². The maximum Gasteiger partial charge on any atom is 0.173 e. The van der Waals surface area contributed by atoms with Gasteiger partial charge in [0.25, 0.3) is 0 Å². The van der Waals surface area contributed by atoms with Crippen molar-refractivity contribution in [1.29, 1.82) is 5.26 Å². The van der Waals surface area contributed by atoms with Crippen LogP contribution in [0.3, 0.4) is 0 Å². The van der Waals surface area contributed by atoms with Crippen LogP contribution < -0.4 is 5.32 Å². The predicted octanol–water partition coefficient (Wildman–Crippen LogP) is 4.18. The molecule has 0 unspecified atom stereocenters. The van der Waals surface area contributed by atoms with E-state index < -0.39 is 5.82 Å². The maximum atomic E-state index is 13.2. The molecule has 0 atom stereocenters. The molecule has 0 amide bonds. The number of benzene rings is 1. The Labute approximate surface area is 138 Å². The van der Waals surface area contributed by atoms with E-state index in [0.717, 1.165) is 5.76 Å². The zero-order valence-electron chi connectivity index (χ0n) is 11.6. The van der Waals surface area contributed by atoms with Crippen LogP contribution >= 0.6 is 23.8 Å². The van der Waals surface area contributed by atoms with E-state index in [1.165, 1.54) is 12.1 Å². The average Bonchev–Trinajstić information content (AvgIpc) is 3.00. The zero-order chi connectivity index (χ0) is 15.9. The van der Waals surface area contributed by atoms with Crippen LogP contribution in [0.5, 0.6) is 0 Å². The SMILES string of the molecule is N#CCCN(Cc1ccco1)C(=S)Nc1ccc(F)c(Cl)c1. The molecule has 0 spiro atoms. The normalized spacial score (nSPS) is 10.0. The van der Waals surface area contributed by atoms with E-state index in [1.54, 1.807) is 23.3 Å². The summed E-state index contributed by atoms with van der Waals surface area (Å²) in [5.41, 5.74) is 0.581. The first kappa shape index (κ1) is 16.3. The van der Waals surface area contributed by atoms with Gasteiger partial charge in [-0.1, -0.05) is 11.6 Å². The minimum atomic E-state index is -0.491. The fourth-order valence-electron chi connectivity index (χ4n) is 1.80. The van der Waals surface area contributed by atoms with Crippen LogP contribution in [0.15, 0.2) is 41.0 Å². The Morgan fingerprint density at radius 1 is 1.45 bits per heavy atom. The number of furan rings is 1. The minimum Gasteiger partial charge on any atom is -0.467 e. The molecule has 7 heteroatoms. The van der Waals surface area contributed by atoms with Gasteiger partial charge in [-0.25, -0.2) is 4.39 Å². The summed E-state index contributed by atoms with van der Waals surface area (Å²) in [4.78, 5) is 1.80. The molecule has 114 valence electrons. The number of halogens is 2. The van der Waals surface area contributed by atoms with E-state index in [1.807, 2.05) is 6.07 Å². The molecule has 0 saturated heterocycles. The van der Waals surface area contributed by atoms with E-state index in [0.29, 0.717) is 30.3 Å². The number of hydrogen-bond donors (Lipinski definition) is 1. The van der Waals surface area contributed by atoms with Crippen LogP contribution in [0, 0.1) is 17.1 Å². The second-order valence-corrected chi connectivity index (χ2v) is 5.26. The Morgan fingerprint density at radius 2 is 2.27 bits per heavy atom. The Balaban J connectivity index is 2.07. The largest absolute Gasteiger partial charge is 0.467 e. The summed E-state index contributed by atoms with van der Waals surface area (Å²) in [5, 5.41) is 12.2. The Morgan fingerprint density at radius 3 is 2.91 bits per heavy atom. The summed E-state index contributed by atoms with van der Waals surface area (Å²) in [5.74, 6) is 0.245. The van der Waals surface area contributed by atoms with Crippen molar-refractivity contribution in [3.05, 3.63) is 53.2 Å². The van der Waals surface area contributed by atoms with Crippen LogP contribution in [0.1, 0.15) is 12.2 Å². The van der Waals surface area contributed by atoms with Crippen molar-refractivity contribution in [3.63, 3.8) is 0 Å². The summed E-state index contributed by atoms with van der Waals surface area (Å²) >= 11 is 11.1. The predicted molar refractivity (Wildman–Crippen MR) is 87.0 cm³/mol. The van der Waals surface area contributed by atoms with Crippen molar-refractivity contribution in [2.24, 2.45) is 0 Å². The lowest BCUT2D eigenvalue weighted by Crippen LogP contribution is -2.34. The molecule has 0 aliphatic carbocycles. The molecule has 1 aromatic carbocycles. The van der Waals surface area contributed by atoms with Crippen LogP contribution in [0.2, 0.25) is 5.02 Å². The molecule has 0 saturated carbocycles. The van der Waals surface area contributed by atoms with Crippen molar-refractivity contribution in [2.75, 3.05) is 11.9 Å². The first-order valence-electron chi connectivity index (χ1n) is 6.50. The second kappa shape index (κ2) is 7.78. The highest BCUT2D eigenvalue weighted by molar-refractivity contribution is 7.80. The first-order chi connectivity index (χ1) is 10.6. The quantitative estimate of drug-likeness (QED) is 0.829. The van der Waals surface area contributed by atoms with E-state index in [2.05, 4.69) is 11.4 Å². The highest BCUT2D eigenvalue weighted by Gasteiger charge is 2.12. The molecular formula is C15H13ClFN3OS. The summed E-state index contributed by atoms with van der Waals surface area (Å²) < 4.78 is 18.5. The topological polar surface area (TPSA) is 52.2 Å². The molecule has 2 aromatic rings. The molecule has 0 radical (unpaired) electrons. The molecule has 1 N–H and O–H groups in total. The number of thiocarbonyl (C=S) groups is 1. The van der Waals surface area contributed by atoms with Gasteiger partial charge < -0.3 is 14.6 Å². The number of nitrogens with zero attached hydrogens (tertiary/aromatic N) is 2. The first-order valence-corrected chi connectivity index (χ1v) is 7.29. The third-order valence-corrected chi connectivity index (χ3v) is 3.53. The van der Waals surface area contributed by atoms with Gasteiger partial charge in [-0.2, -0.15) is 5.26 Å². The standard InChI is InChI=1S/C15H13ClFN3OS/c16-13-9-11(4-5-14(13)17)19-15(22)20(7-2-6-18)10-12-3-1-8-21-12/h1,3-5,8-9H,2,7,10H2,(H,19,22). The van der Waals surface area contributed by atoms with Crippen molar-refractivity contribution in [1.82, 2.24) is 4.90 Å². The van der Waals surface area contributed by atoms with Crippen LogP contribution in [0.25, 0.3) is 0 Å². The van der Waals surface area contributed by atoms with Gasteiger partial charge in [-0.15, -0.1) is 0 Å². The second-order valence-electron chi connectivity index (χ2n) is 4.47. The van der Waals surface area contributed by atoms with Gasteiger partial charge in [0.2, 0.25) is 0 Å². The molecular weight excluding hydrogens is 325 g/mol. The lowest BCUT2D eigenvalue weighted by atomic mass is 10.3. The van der Waals surface area contributed by atoms with Gasteiger partial charge in [0.05, 0.1) is 30.3 Å². The lowest BCUT2D eigenvalue weighted by molar-refractivity contribution is 0.371. The summed E-state index contributed by atoms with van der Waals surface area (Å²) in [6.07, 6.45) is 1.90. The van der Waals surface area contributed by atoms with Crippen molar-refractivity contribution in [3.8, 4) is 6.07 Å². The molecule has 0 bridgehead atoms. The van der Waals surface area contributed by atoms with E-state index in [-0.39, 0.29) is 5.02 Å². The van der Waals surface area contributed by atoms with Gasteiger partial charge in [-0.3, -0.25) is 0 Å². The number of rotatable bonds is 5. The molecule has 1 heterocycles. The van der Waals surface area contributed by atoms with E-state index in [9.17, 15) is 4.39 Å². The molecule has 0 aliphatic heterocycles. The minimum absolute atomic E-state index is 0.0161. The molecule has 0 aliphatic rings. The lowest BCUT2D eigenvalue weighted by Gasteiger charge is -2.24. The van der Waals surface area contributed by atoms with Gasteiger partial charge in [0.15, 0.2) is 5.11 Å². The third kappa shape index (κ3) is 4.45. The number of hydrogen-bond acceptors (Lipinski definition) is 3. The van der Waals surface area contributed by atoms with E-state index >= 15 is 0 Å². The highest BCUT2D eigenvalue weighted by atomic mass is 35.5. The van der Waals surface area contributed by atoms with Gasteiger partial charge >= 0.3 is 0 Å². The highest BCUT2D eigenvalue weighted by Crippen LogP contribution is 2.20. The van der Waals surface area contributed by atoms with Crippen LogP contribution in [-0.4, -0.2) is 16.6 Å². The average molecular weight is 338 g/mol. The number of nitriles is 1. The van der Waals surface area contributed by atoms with Crippen molar-refractivity contribution < 1.29 is 8.81 Å². The molecule has 0 fully saturated rings. The molecule has 2 rings (SSSR count). The Hall–Kier alpha value is -2.10. The van der Waals surface area contributed by atoms with E-state index in [4.69, 9.17) is 33.5 Å². The fourth-order valence-corrected chi connectivity index (χ4v) is 2.26. The molecule has 22 heavy (non-hydrogen) atoms. The Kier molecular flexibility index (Phi) is 5.75. The molecule has 1 aromatic heterocycles. The van der Waals surface area contributed by atoms with Crippen LogP contribution in [-0.2, 0) is 6.54 Å². The van der Waals surface area contributed by atoms with Gasteiger partial charge in [0, 0.05) is 12.2 Å². The molecule has 4 nitrogen and oxygen atoms in total. The summed E-state index contributed by atoms with van der Waals surface area (Å²) in [6.45, 7) is 0.896. The number of nitrogens with one attached hydrogen (secondary N) is 1. The van der Waals surface area contributed by atoms with Gasteiger partial charge in [0.1, 0.15) is 11.6 Å². The summed E-state index contributed by atoms with van der Waals surface area (Å²) in [7, 11) is 0. The summed E-state index contributed by atoms with van der Waals surface area (Å²) in [6, 6.07) is 9.96. The van der Waals surface area contributed by atoms with Crippen molar-refractivity contribution in [2.45, 2.75) is 13.0 Å². The maximum absolute atomic E-state index is 13.2. The van der Waals surface area contributed by atoms with Crippen LogP contribution in [0.4, 0.5) is 10.1 Å². The number of anilines is 1. The zero-order valence-corrected chi connectivity index (χ0v) is 13.1. The van der Waals surface area contributed by atoms with Gasteiger partial charge in [-0.05, 0) is 42.5 Å². The Bertz CT molecular complexity index is 685.